The first-order chi connectivity index (χ1) is 14.1. The van der Waals surface area contributed by atoms with Crippen molar-refractivity contribution in [2.24, 2.45) is 0 Å². The van der Waals surface area contributed by atoms with Gasteiger partial charge in [-0.15, -0.1) is 0 Å². The van der Waals surface area contributed by atoms with Crippen LogP contribution in [0, 0.1) is 0 Å². The van der Waals surface area contributed by atoms with E-state index in [1.807, 2.05) is 25.1 Å². The van der Waals surface area contributed by atoms with E-state index in [4.69, 9.17) is 5.73 Å². The first-order valence-electron chi connectivity index (χ1n) is 9.34. The molecule has 0 bridgehead atoms. The molecular formula is C22H23F3N4O. The molecule has 1 heterocycles. The van der Waals surface area contributed by atoms with Gasteiger partial charge in [0.2, 0.25) is 0 Å². The highest BCUT2D eigenvalue weighted by molar-refractivity contribution is 6.02. The van der Waals surface area contributed by atoms with E-state index in [2.05, 4.69) is 10.3 Å². The van der Waals surface area contributed by atoms with Crippen LogP contribution in [0.25, 0.3) is 22.5 Å². The number of hydrogen-bond acceptors (Lipinski definition) is 3. The number of alkyl halides is 3. The zero-order valence-electron chi connectivity index (χ0n) is 16.7. The van der Waals surface area contributed by atoms with Crippen molar-refractivity contribution in [3.63, 3.8) is 0 Å². The number of halogens is 3. The van der Waals surface area contributed by atoms with Crippen LogP contribution in [0.4, 0.5) is 18.9 Å². The number of nitrogen functional groups attached to an aromatic ring is 1. The molecule has 0 saturated heterocycles. The molecule has 0 fully saturated rings. The van der Waals surface area contributed by atoms with Crippen molar-refractivity contribution in [1.82, 2.24) is 15.2 Å². The van der Waals surface area contributed by atoms with Crippen LogP contribution < -0.4 is 11.1 Å². The Morgan fingerprint density at radius 1 is 1.07 bits per heavy atom. The predicted octanol–water partition coefficient (Wildman–Crippen LogP) is 4.24. The third-order valence-electron chi connectivity index (χ3n) is 4.61. The molecule has 2 aromatic carbocycles. The molecule has 0 aliphatic rings. The van der Waals surface area contributed by atoms with Crippen LogP contribution >= 0.6 is 0 Å². The smallest absolute Gasteiger partial charge is 0.399 e. The van der Waals surface area contributed by atoms with Gasteiger partial charge in [-0.3, -0.25) is 4.79 Å². The Hall–Kier alpha value is -3.26. The molecule has 4 N–H and O–H groups in total. The van der Waals surface area contributed by atoms with Crippen LogP contribution in [0.5, 0.6) is 0 Å². The Balaban J connectivity index is 1.98. The summed E-state index contributed by atoms with van der Waals surface area (Å²) >= 11 is 0. The number of carbonyl (C=O) groups is 1. The van der Waals surface area contributed by atoms with Crippen molar-refractivity contribution in [3.05, 3.63) is 65.7 Å². The molecular weight excluding hydrogens is 393 g/mol. The van der Waals surface area contributed by atoms with Gasteiger partial charge in [-0.25, -0.2) is 0 Å². The molecule has 3 rings (SSSR count). The van der Waals surface area contributed by atoms with Crippen molar-refractivity contribution in [2.75, 3.05) is 32.9 Å². The highest BCUT2D eigenvalue weighted by Gasteiger charge is 2.30. The van der Waals surface area contributed by atoms with E-state index in [0.29, 0.717) is 46.9 Å². The van der Waals surface area contributed by atoms with Crippen LogP contribution in [0.1, 0.15) is 15.9 Å². The molecule has 5 nitrogen and oxygen atoms in total. The first-order valence-corrected chi connectivity index (χ1v) is 9.34. The van der Waals surface area contributed by atoms with Gasteiger partial charge in [-0.05, 0) is 50.0 Å². The van der Waals surface area contributed by atoms with Crippen molar-refractivity contribution >= 4 is 11.6 Å². The van der Waals surface area contributed by atoms with Crippen molar-refractivity contribution in [1.29, 1.82) is 0 Å². The number of benzene rings is 2. The van der Waals surface area contributed by atoms with Gasteiger partial charge >= 0.3 is 6.18 Å². The summed E-state index contributed by atoms with van der Waals surface area (Å²) in [7, 11) is 3.81. The number of likely N-dealkylation sites (N-methyl/N-ethyl adjacent to an activating group) is 1. The number of anilines is 1. The van der Waals surface area contributed by atoms with Gasteiger partial charge in [-0.2, -0.15) is 13.2 Å². The fourth-order valence-electron chi connectivity index (χ4n) is 3.04. The van der Waals surface area contributed by atoms with Crippen LogP contribution in [0.15, 0.2) is 54.6 Å². The molecule has 0 aliphatic heterocycles. The second-order valence-corrected chi connectivity index (χ2v) is 7.23. The zero-order valence-corrected chi connectivity index (χ0v) is 16.7. The Morgan fingerprint density at radius 3 is 2.37 bits per heavy atom. The minimum atomic E-state index is -4.40. The first kappa shape index (κ1) is 21.4. The summed E-state index contributed by atoms with van der Waals surface area (Å²) in [6.07, 6.45) is -4.40. The number of aromatic nitrogens is 1. The molecule has 0 saturated carbocycles. The molecule has 0 aliphatic carbocycles. The summed E-state index contributed by atoms with van der Waals surface area (Å²) in [4.78, 5) is 17.9. The largest absolute Gasteiger partial charge is 0.416 e. The maximum absolute atomic E-state index is 12.9. The lowest BCUT2D eigenvalue weighted by Gasteiger charge is -2.11. The number of rotatable bonds is 6. The number of amides is 1. The van der Waals surface area contributed by atoms with E-state index in [1.165, 1.54) is 12.1 Å². The van der Waals surface area contributed by atoms with E-state index in [0.717, 1.165) is 12.1 Å². The van der Waals surface area contributed by atoms with Crippen LogP contribution in [-0.2, 0) is 6.18 Å². The third kappa shape index (κ3) is 5.01. The topological polar surface area (TPSA) is 74.2 Å². The van der Waals surface area contributed by atoms with Gasteiger partial charge in [0.25, 0.3) is 5.91 Å². The third-order valence-corrected chi connectivity index (χ3v) is 4.61. The van der Waals surface area contributed by atoms with Crippen LogP contribution in [-0.4, -0.2) is 43.0 Å². The summed E-state index contributed by atoms with van der Waals surface area (Å²) in [6, 6.07) is 13.5. The minimum absolute atomic E-state index is 0.274. The van der Waals surface area contributed by atoms with Gasteiger partial charge in [0.1, 0.15) is 0 Å². The van der Waals surface area contributed by atoms with Crippen molar-refractivity contribution in [3.8, 4) is 22.5 Å². The number of nitrogens with zero attached hydrogens (tertiary/aromatic N) is 1. The molecule has 0 unspecified atom stereocenters. The number of aromatic amines is 1. The Bertz CT molecular complexity index is 1020. The lowest BCUT2D eigenvalue weighted by molar-refractivity contribution is -0.137. The van der Waals surface area contributed by atoms with Crippen LogP contribution in [0.2, 0.25) is 0 Å². The molecule has 158 valence electrons. The summed E-state index contributed by atoms with van der Waals surface area (Å²) in [6.45, 7) is 1.14. The molecule has 8 heteroatoms. The Kier molecular flexibility index (Phi) is 6.17. The highest BCUT2D eigenvalue weighted by atomic mass is 19.4. The van der Waals surface area contributed by atoms with E-state index in [1.54, 1.807) is 24.3 Å². The number of nitrogens with one attached hydrogen (secondary N) is 2. The van der Waals surface area contributed by atoms with Gasteiger partial charge in [0.05, 0.1) is 16.8 Å². The van der Waals surface area contributed by atoms with Crippen LogP contribution in [0.3, 0.4) is 0 Å². The van der Waals surface area contributed by atoms with Crippen molar-refractivity contribution in [2.45, 2.75) is 6.18 Å². The van der Waals surface area contributed by atoms with Crippen molar-refractivity contribution < 1.29 is 18.0 Å². The second-order valence-electron chi connectivity index (χ2n) is 7.23. The average molecular weight is 416 g/mol. The lowest BCUT2D eigenvalue weighted by Crippen LogP contribution is -2.31. The Morgan fingerprint density at radius 2 is 1.77 bits per heavy atom. The summed E-state index contributed by atoms with van der Waals surface area (Å²) in [5.74, 6) is -0.274. The number of carbonyl (C=O) groups excluding carboxylic acids is 1. The summed E-state index contributed by atoms with van der Waals surface area (Å²) in [5.41, 5.74) is 8.45. The number of hydrogen-bond donors (Lipinski definition) is 3. The maximum atomic E-state index is 12.9. The van der Waals surface area contributed by atoms with Gasteiger partial charge in [0.15, 0.2) is 0 Å². The van der Waals surface area contributed by atoms with E-state index in [9.17, 15) is 18.0 Å². The lowest BCUT2D eigenvalue weighted by atomic mass is 10.1. The number of H-pyrrole nitrogens is 1. The molecule has 1 amide bonds. The van der Waals surface area contributed by atoms with E-state index >= 15 is 0 Å². The van der Waals surface area contributed by atoms with Gasteiger partial charge in [0, 0.05) is 30.0 Å². The normalized spacial score (nSPS) is 11.7. The van der Waals surface area contributed by atoms with E-state index < -0.39 is 11.7 Å². The fourth-order valence-corrected chi connectivity index (χ4v) is 3.04. The zero-order chi connectivity index (χ0) is 21.9. The molecule has 30 heavy (non-hydrogen) atoms. The minimum Gasteiger partial charge on any atom is -0.399 e. The maximum Gasteiger partial charge on any atom is 0.416 e. The molecule has 0 atom stereocenters. The average Bonchev–Trinajstić information content (AvgIpc) is 3.13. The van der Waals surface area contributed by atoms with E-state index in [-0.39, 0.29) is 5.91 Å². The SMILES string of the molecule is CN(C)CCNC(=O)c1cc(-c2ccc(C(F)(F)F)cc2)[nH]c1-c1cccc(N)c1. The predicted molar refractivity (Wildman–Crippen MR) is 112 cm³/mol. The molecule has 1 aromatic heterocycles. The fraction of sp³-hybridized carbons (Fsp3) is 0.227. The monoisotopic (exact) mass is 416 g/mol. The number of nitrogens with two attached hydrogens (primary N) is 1. The molecule has 0 radical (unpaired) electrons. The second kappa shape index (κ2) is 8.62. The summed E-state index contributed by atoms with van der Waals surface area (Å²) in [5, 5.41) is 2.87. The van der Waals surface area contributed by atoms with Gasteiger partial charge < -0.3 is 20.9 Å². The quantitative estimate of drug-likeness (QED) is 0.526. The Labute approximate surface area is 172 Å². The summed E-state index contributed by atoms with van der Waals surface area (Å²) < 4.78 is 38.6. The standard InChI is InChI=1S/C22H23F3N4O/c1-29(2)11-10-27-21(30)18-13-19(14-6-8-16(9-7-14)22(23,24)25)28-20(18)15-4-3-5-17(26)12-15/h3-9,12-13,28H,10-11,26H2,1-2H3,(H,27,30). The van der Waals surface area contributed by atoms with Gasteiger partial charge in [-0.1, -0.05) is 24.3 Å². The molecule has 3 aromatic rings. The molecule has 0 spiro atoms. The highest BCUT2D eigenvalue weighted by Crippen LogP contribution is 2.33.